The van der Waals surface area contributed by atoms with Crippen LogP contribution in [0.1, 0.15) is 34.3 Å². The summed E-state index contributed by atoms with van der Waals surface area (Å²) in [5.74, 6) is 1.56. The molecule has 1 aromatic carbocycles. The van der Waals surface area contributed by atoms with Gasteiger partial charge in [0.15, 0.2) is 11.6 Å². The number of nitrogens with two attached hydrogens (primary N) is 1. The number of aryl methyl sites for hydroxylation is 2. The third-order valence-corrected chi connectivity index (χ3v) is 3.69. The standard InChI is InChI=1S/C16H20FNO2/c1-9-10(2)20-11(3)15(9)13(18)8-12-6-5-7-14(19-4)16(12)17/h5-7,13H,8,18H2,1-4H3. The lowest BCUT2D eigenvalue weighted by Crippen LogP contribution is -2.15. The van der Waals surface area contributed by atoms with Gasteiger partial charge in [-0.1, -0.05) is 12.1 Å². The van der Waals surface area contributed by atoms with Crippen LogP contribution < -0.4 is 10.5 Å². The van der Waals surface area contributed by atoms with Gasteiger partial charge in [-0.2, -0.15) is 0 Å². The lowest BCUT2D eigenvalue weighted by Gasteiger charge is -2.14. The smallest absolute Gasteiger partial charge is 0.168 e. The van der Waals surface area contributed by atoms with Gasteiger partial charge in [-0.05, 0) is 44.4 Å². The summed E-state index contributed by atoms with van der Waals surface area (Å²) in [7, 11) is 1.45. The second kappa shape index (κ2) is 5.67. The van der Waals surface area contributed by atoms with Gasteiger partial charge in [0.1, 0.15) is 11.5 Å². The lowest BCUT2D eigenvalue weighted by molar-refractivity contribution is 0.383. The monoisotopic (exact) mass is 277 g/mol. The molecule has 1 heterocycles. The first-order valence-corrected chi connectivity index (χ1v) is 6.59. The molecular weight excluding hydrogens is 257 g/mol. The van der Waals surface area contributed by atoms with Crippen molar-refractivity contribution >= 4 is 0 Å². The predicted molar refractivity (Wildman–Crippen MR) is 76.5 cm³/mol. The lowest BCUT2D eigenvalue weighted by atomic mass is 9.96. The van der Waals surface area contributed by atoms with E-state index in [-0.39, 0.29) is 17.6 Å². The quantitative estimate of drug-likeness (QED) is 0.929. The van der Waals surface area contributed by atoms with Crippen LogP contribution in [-0.4, -0.2) is 7.11 Å². The van der Waals surface area contributed by atoms with Gasteiger partial charge in [0.2, 0.25) is 0 Å². The molecule has 1 atom stereocenters. The van der Waals surface area contributed by atoms with Crippen LogP contribution in [0.5, 0.6) is 5.75 Å². The first-order chi connectivity index (χ1) is 9.45. The molecule has 0 fully saturated rings. The number of benzene rings is 1. The van der Waals surface area contributed by atoms with Crippen LogP contribution in [0.15, 0.2) is 22.6 Å². The number of ether oxygens (including phenoxy) is 1. The molecule has 0 aliphatic heterocycles. The normalized spacial score (nSPS) is 12.5. The first kappa shape index (κ1) is 14.6. The van der Waals surface area contributed by atoms with Gasteiger partial charge < -0.3 is 14.9 Å². The average Bonchev–Trinajstić information content (AvgIpc) is 2.65. The Bertz CT molecular complexity index is 619. The molecule has 0 amide bonds. The molecule has 0 saturated carbocycles. The van der Waals surface area contributed by atoms with E-state index in [0.717, 1.165) is 22.6 Å². The first-order valence-electron chi connectivity index (χ1n) is 6.59. The van der Waals surface area contributed by atoms with Crippen molar-refractivity contribution in [2.45, 2.75) is 33.2 Å². The van der Waals surface area contributed by atoms with Crippen LogP contribution in [0.3, 0.4) is 0 Å². The topological polar surface area (TPSA) is 48.4 Å². The zero-order valence-corrected chi connectivity index (χ0v) is 12.3. The molecule has 0 saturated heterocycles. The Balaban J connectivity index is 2.30. The Kier molecular flexibility index (Phi) is 4.14. The molecule has 0 aliphatic carbocycles. The van der Waals surface area contributed by atoms with Crippen LogP contribution in [-0.2, 0) is 6.42 Å². The summed E-state index contributed by atoms with van der Waals surface area (Å²) in [6.07, 6.45) is 0.406. The number of methoxy groups -OCH3 is 1. The fraction of sp³-hybridized carbons (Fsp3) is 0.375. The molecule has 108 valence electrons. The third-order valence-electron chi connectivity index (χ3n) is 3.69. The molecule has 3 nitrogen and oxygen atoms in total. The molecule has 1 unspecified atom stereocenters. The van der Waals surface area contributed by atoms with Crippen LogP contribution >= 0.6 is 0 Å². The highest BCUT2D eigenvalue weighted by Crippen LogP contribution is 2.29. The highest BCUT2D eigenvalue weighted by molar-refractivity contribution is 5.37. The van der Waals surface area contributed by atoms with Crippen molar-refractivity contribution in [2.24, 2.45) is 5.73 Å². The Morgan fingerprint density at radius 2 is 1.95 bits per heavy atom. The van der Waals surface area contributed by atoms with Gasteiger partial charge in [-0.15, -0.1) is 0 Å². The van der Waals surface area contributed by atoms with Crippen LogP contribution in [0, 0.1) is 26.6 Å². The van der Waals surface area contributed by atoms with E-state index in [1.807, 2.05) is 20.8 Å². The molecule has 20 heavy (non-hydrogen) atoms. The largest absolute Gasteiger partial charge is 0.494 e. The second-order valence-corrected chi connectivity index (χ2v) is 5.00. The maximum atomic E-state index is 14.2. The van der Waals surface area contributed by atoms with Crippen LogP contribution in [0.2, 0.25) is 0 Å². The van der Waals surface area contributed by atoms with E-state index in [0.29, 0.717) is 12.0 Å². The molecule has 2 N–H and O–H groups in total. The van der Waals surface area contributed by atoms with Crippen LogP contribution in [0.4, 0.5) is 4.39 Å². The van der Waals surface area contributed by atoms with E-state index >= 15 is 0 Å². The molecule has 0 radical (unpaired) electrons. The minimum Gasteiger partial charge on any atom is -0.494 e. The van der Waals surface area contributed by atoms with Gasteiger partial charge in [-0.25, -0.2) is 4.39 Å². The summed E-state index contributed by atoms with van der Waals surface area (Å²) < 4.78 is 24.7. The molecule has 2 rings (SSSR count). The minimum atomic E-state index is -0.346. The van der Waals surface area contributed by atoms with Gasteiger partial charge in [0.05, 0.1) is 7.11 Å². The Hall–Kier alpha value is -1.81. The van der Waals surface area contributed by atoms with Crippen LogP contribution in [0.25, 0.3) is 0 Å². The van der Waals surface area contributed by atoms with E-state index in [1.165, 1.54) is 7.11 Å². The minimum absolute atomic E-state index is 0.242. The molecule has 0 bridgehead atoms. The number of rotatable bonds is 4. The van der Waals surface area contributed by atoms with E-state index in [9.17, 15) is 4.39 Å². The third kappa shape index (κ3) is 2.56. The number of furan rings is 1. The molecular formula is C16H20FNO2. The van der Waals surface area contributed by atoms with E-state index < -0.39 is 0 Å². The number of hydrogen-bond acceptors (Lipinski definition) is 3. The summed E-state index contributed by atoms with van der Waals surface area (Å²) in [6.45, 7) is 5.77. The highest BCUT2D eigenvalue weighted by Gasteiger charge is 2.20. The Morgan fingerprint density at radius 3 is 2.50 bits per heavy atom. The summed E-state index contributed by atoms with van der Waals surface area (Å²) in [4.78, 5) is 0. The molecule has 4 heteroatoms. The van der Waals surface area contributed by atoms with E-state index in [1.54, 1.807) is 18.2 Å². The average molecular weight is 277 g/mol. The maximum Gasteiger partial charge on any atom is 0.168 e. The van der Waals surface area contributed by atoms with Crippen molar-refractivity contribution in [3.8, 4) is 5.75 Å². The van der Waals surface area contributed by atoms with Crippen molar-refractivity contribution in [1.82, 2.24) is 0 Å². The summed E-state index contributed by atoms with van der Waals surface area (Å²) in [5.41, 5.74) is 8.79. The Labute approximate surface area is 118 Å². The van der Waals surface area contributed by atoms with Crippen molar-refractivity contribution in [2.75, 3.05) is 7.11 Å². The molecule has 0 spiro atoms. The summed E-state index contributed by atoms with van der Waals surface area (Å²) in [5, 5.41) is 0. The predicted octanol–water partition coefficient (Wildman–Crippen LogP) is 3.60. The van der Waals surface area contributed by atoms with Crippen molar-refractivity contribution in [3.05, 3.63) is 52.2 Å². The zero-order chi connectivity index (χ0) is 14.9. The van der Waals surface area contributed by atoms with E-state index in [4.69, 9.17) is 14.9 Å². The van der Waals surface area contributed by atoms with Crippen molar-refractivity contribution in [3.63, 3.8) is 0 Å². The molecule has 0 aliphatic rings. The Morgan fingerprint density at radius 1 is 1.25 bits per heavy atom. The van der Waals surface area contributed by atoms with Gasteiger partial charge in [0, 0.05) is 11.6 Å². The highest BCUT2D eigenvalue weighted by atomic mass is 19.1. The van der Waals surface area contributed by atoms with Crippen molar-refractivity contribution in [1.29, 1.82) is 0 Å². The second-order valence-electron chi connectivity index (χ2n) is 5.00. The fourth-order valence-electron chi connectivity index (χ4n) is 2.56. The molecule has 2 aromatic rings. The van der Waals surface area contributed by atoms with Crippen molar-refractivity contribution < 1.29 is 13.5 Å². The van der Waals surface area contributed by atoms with Gasteiger partial charge in [-0.3, -0.25) is 0 Å². The number of hydrogen-bond donors (Lipinski definition) is 1. The summed E-state index contributed by atoms with van der Waals surface area (Å²) >= 11 is 0. The van der Waals surface area contributed by atoms with Gasteiger partial charge >= 0.3 is 0 Å². The fourth-order valence-corrected chi connectivity index (χ4v) is 2.56. The summed E-state index contributed by atoms with van der Waals surface area (Å²) in [6, 6.07) is 4.80. The number of halogens is 1. The molecule has 1 aromatic heterocycles. The van der Waals surface area contributed by atoms with Gasteiger partial charge in [0.25, 0.3) is 0 Å². The SMILES string of the molecule is COc1cccc(CC(N)c2c(C)oc(C)c2C)c1F. The van der Waals surface area contributed by atoms with E-state index in [2.05, 4.69) is 0 Å². The maximum absolute atomic E-state index is 14.2. The zero-order valence-electron chi connectivity index (χ0n) is 12.3.